The van der Waals surface area contributed by atoms with Crippen molar-refractivity contribution in [3.05, 3.63) is 0 Å². The quantitative estimate of drug-likeness (QED) is 0.0909. The maximum atomic E-state index is 12.6. The first-order valence-electron chi connectivity index (χ1n) is 14.3. The molecule has 14 nitrogen and oxygen atoms in total. The molecule has 1 heterocycles. The van der Waals surface area contributed by atoms with Crippen LogP contribution in [0.5, 0.6) is 0 Å². The smallest absolute Gasteiger partial charge is 0.388 e. The lowest BCUT2D eigenvalue weighted by Gasteiger charge is -2.42. The van der Waals surface area contributed by atoms with Crippen LogP contribution in [0.1, 0.15) is 86.5 Å². The molecule has 1 fully saturated rings. The Morgan fingerprint density at radius 3 is 2.00 bits per heavy atom. The molecular formula is C25H51NO13P2. The number of rotatable bonds is 21. The molecule has 0 aliphatic carbocycles. The number of aliphatic hydroxyl groups is 2. The van der Waals surface area contributed by atoms with Gasteiger partial charge in [-0.3, -0.25) is 22.9 Å². The third-order valence-corrected chi connectivity index (χ3v) is 8.24. The molecule has 244 valence electrons. The predicted octanol–water partition coefficient (Wildman–Crippen LogP) is 3.41. The van der Waals surface area contributed by atoms with Crippen LogP contribution < -0.4 is 5.32 Å². The summed E-state index contributed by atoms with van der Waals surface area (Å²) in [6, 6.07) is -1.11. The molecule has 0 spiro atoms. The van der Waals surface area contributed by atoms with E-state index in [9.17, 15) is 33.9 Å². The van der Waals surface area contributed by atoms with Crippen LogP contribution in [0.2, 0.25) is 0 Å². The minimum absolute atomic E-state index is 0.0000977. The van der Waals surface area contributed by atoms with E-state index in [-0.39, 0.29) is 25.5 Å². The number of unbranched alkanes of at least 4 members (excludes halogenated alkanes) is 3. The van der Waals surface area contributed by atoms with Gasteiger partial charge in [0.15, 0.2) is 6.29 Å². The average Bonchev–Trinajstić information content (AvgIpc) is 2.82. The number of amides is 1. The summed E-state index contributed by atoms with van der Waals surface area (Å²) in [5.41, 5.74) is 0. The van der Waals surface area contributed by atoms with E-state index in [2.05, 4.69) is 19.2 Å². The third-order valence-electron chi connectivity index (χ3n) is 5.88. The Morgan fingerprint density at radius 2 is 1.41 bits per heavy atom. The number of aliphatic hydroxyl groups excluding tert-OH is 2. The van der Waals surface area contributed by atoms with Crippen molar-refractivity contribution in [1.82, 2.24) is 5.32 Å². The Kier molecular flexibility index (Phi) is 17.9. The number of ether oxygens (including phenoxy) is 2. The molecule has 0 saturated carbocycles. The van der Waals surface area contributed by atoms with Gasteiger partial charge >= 0.3 is 15.6 Å². The molecule has 0 aromatic rings. The molecule has 5 N–H and O–H groups in total. The minimum Gasteiger partial charge on any atom is -0.388 e. The summed E-state index contributed by atoms with van der Waals surface area (Å²) in [5, 5.41) is 24.2. The zero-order valence-corrected chi connectivity index (χ0v) is 26.8. The average molecular weight is 636 g/mol. The molecule has 1 saturated heterocycles. The lowest BCUT2D eigenvalue weighted by Crippen LogP contribution is -2.64. The van der Waals surface area contributed by atoms with Gasteiger partial charge in [-0.2, -0.15) is 0 Å². The van der Waals surface area contributed by atoms with Gasteiger partial charge < -0.3 is 34.8 Å². The second-order valence-electron chi connectivity index (χ2n) is 11.1. The standard InChI is InChI=1S/C25H51NO13P2/c1-17(2)12-8-9-13-21(27)26-22-24(29)23(28)20(16-36-41(32,33)39-19(5)6)37-25(22)34-14-10-7-11-15-35-40(30,31)38-18(3)4/h17-20,22-25,28-29H,7-16H2,1-6H3,(H,26,27)(H,30,31)(H,32,33). The molecule has 1 aliphatic rings. The highest BCUT2D eigenvalue weighted by atomic mass is 31.2. The Labute approximate surface area is 243 Å². The Bertz CT molecular complexity index is 844. The fourth-order valence-corrected chi connectivity index (χ4v) is 5.87. The van der Waals surface area contributed by atoms with Crippen molar-refractivity contribution in [3.63, 3.8) is 0 Å². The van der Waals surface area contributed by atoms with Crippen LogP contribution in [0, 0.1) is 5.92 Å². The van der Waals surface area contributed by atoms with Gasteiger partial charge in [0.1, 0.15) is 24.4 Å². The van der Waals surface area contributed by atoms with Gasteiger partial charge in [0.25, 0.3) is 0 Å². The molecule has 0 aromatic carbocycles. The molecule has 0 bridgehead atoms. The van der Waals surface area contributed by atoms with Gasteiger partial charge in [0, 0.05) is 13.0 Å². The molecule has 1 aliphatic heterocycles. The predicted molar refractivity (Wildman–Crippen MR) is 150 cm³/mol. The van der Waals surface area contributed by atoms with Crippen molar-refractivity contribution in [2.24, 2.45) is 5.92 Å². The number of phosphoric ester groups is 2. The van der Waals surface area contributed by atoms with Crippen molar-refractivity contribution >= 4 is 21.6 Å². The van der Waals surface area contributed by atoms with E-state index in [4.69, 9.17) is 27.6 Å². The van der Waals surface area contributed by atoms with E-state index in [1.165, 1.54) is 0 Å². The molecule has 41 heavy (non-hydrogen) atoms. The summed E-state index contributed by atoms with van der Waals surface area (Å²) in [4.78, 5) is 32.0. The van der Waals surface area contributed by atoms with Gasteiger partial charge in [-0.25, -0.2) is 9.13 Å². The van der Waals surface area contributed by atoms with Crippen LogP contribution in [0.3, 0.4) is 0 Å². The third kappa shape index (κ3) is 16.8. The topological polar surface area (TPSA) is 200 Å². The van der Waals surface area contributed by atoms with Gasteiger partial charge in [-0.05, 0) is 59.3 Å². The van der Waals surface area contributed by atoms with Crippen LogP contribution in [-0.4, -0.2) is 88.6 Å². The fraction of sp³-hybridized carbons (Fsp3) is 0.960. The van der Waals surface area contributed by atoms with Crippen LogP contribution >= 0.6 is 15.6 Å². The lowest BCUT2D eigenvalue weighted by molar-refractivity contribution is -0.269. The van der Waals surface area contributed by atoms with Crippen molar-refractivity contribution in [2.75, 3.05) is 19.8 Å². The van der Waals surface area contributed by atoms with E-state index >= 15 is 0 Å². The van der Waals surface area contributed by atoms with Crippen LogP contribution in [0.25, 0.3) is 0 Å². The number of phosphoric acid groups is 2. The Morgan fingerprint density at radius 1 is 0.829 bits per heavy atom. The van der Waals surface area contributed by atoms with E-state index in [0.29, 0.717) is 31.6 Å². The molecule has 1 amide bonds. The number of hydrogen-bond donors (Lipinski definition) is 5. The van der Waals surface area contributed by atoms with E-state index in [1.807, 2.05) is 0 Å². The molecule has 7 atom stereocenters. The lowest BCUT2D eigenvalue weighted by atomic mass is 9.96. The van der Waals surface area contributed by atoms with E-state index < -0.39 is 65.1 Å². The minimum atomic E-state index is -4.44. The first-order valence-corrected chi connectivity index (χ1v) is 17.3. The summed E-state index contributed by atoms with van der Waals surface area (Å²) in [5.74, 6) is 0.184. The van der Waals surface area contributed by atoms with Gasteiger partial charge in [0.05, 0.1) is 25.4 Å². The zero-order chi connectivity index (χ0) is 31.2. The summed E-state index contributed by atoms with van der Waals surface area (Å²) < 4.78 is 55.0. The zero-order valence-electron chi connectivity index (χ0n) is 25.0. The summed E-state index contributed by atoms with van der Waals surface area (Å²) in [7, 11) is -8.55. The number of carbonyl (C=O) groups excluding carboxylic acids is 1. The Hall–Kier alpha value is -0.470. The first-order chi connectivity index (χ1) is 19.0. The maximum Gasteiger partial charge on any atom is 0.472 e. The van der Waals surface area contributed by atoms with Gasteiger partial charge in [0.2, 0.25) is 5.91 Å². The number of hydrogen-bond acceptors (Lipinski definition) is 11. The second-order valence-corrected chi connectivity index (χ2v) is 13.9. The van der Waals surface area contributed by atoms with Crippen molar-refractivity contribution in [3.8, 4) is 0 Å². The van der Waals surface area contributed by atoms with Crippen molar-refractivity contribution < 1.29 is 61.5 Å². The fourth-order valence-electron chi connectivity index (χ4n) is 3.98. The summed E-state index contributed by atoms with van der Waals surface area (Å²) in [6.07, 6.45) is -2.36. The van der Waals surface area contributed by atoms with Crippen molar-refractivity contribution in [1.29, 1.82) is 0 Å². The largest absolute Gasteiger partial charge is 0.472 e. The van der Waals surface area contributed by atoms with Crippen LogP contribution in [-0.2, 0) is 41.5 Å². The van der Waals surface area contributed by atoms with Gasteiger partial charge in [-0.1, -0.05) is 26.7 Å². The molecular weight excluding hydrogens is 584 g/mol. The first kappa shape index (κ1) is 38.6. The highest BCUT2D eigenvalue weighted by Gasteiger charge is 2.46. The molecule has 0 radical (unpaired) electrons. The summed E-state index contributed by atoms with van der Waals surface area (Å²) in [6.45, 7) is 10.1. The molecule has 16 heteroatoms. The normalized spacial score (nSPS) is 26.3. The highest BCUT2D eigenvalue weighted by molar-refractivity contribution is 7.47. The highest BCUT2D eigenvalue weighted by Crippen LogP contribution is 2.45. The van der Waals surface area contributed by atoms with Crippen LogP contribution in [0.4, 0.5) is 0 Å². The summed E-state index contributed by atoms with van der Waals surface area (Å²) >= 11 is 0. The number of nitrogens with one attached hydrogen (secondary N) is 1. The number of carbonyl (C=O) groups is 1. The monoisotopic (exact) mass is 635 g/mol. The molecule has 1 rings (SSSR count). The second kappa shape index (κ2) is 19.0. The molecule has 7 unspecified atom stereocenters. The Balaban J connectivity index is 2.72. The van der Waals surface area contributed by atoms with Crippen LogP contribution in [0.15, 0.2) is 0 Å². The van der Waals surface area contributed by atoms with E-state index in [0.717, 1.165) is 12.8 Å². The SMILES string of the molecule is CC(C)CCCCC(=O)NC1C(OCCCCCOP(=O)(O)OC(C)C)OC(COP(=O)(O)OC(C)C)C(O)C1O. The van der Waals surface area contributed by atoms with Gasteiger partial charge in [-0.15, -0.1) is 0 Å². The molecule has 0 aromatic heterocycles. The van der Waals surface area contributed by atoms with E-state index in [1.54, 1.807) is 27.7 Å². The maximum absolute atomic E-state index is 12.6. The van der Waals surface area contributed by atoms with Crippen molar-refractivity contribution in [2.45, 2.75) is 129 Å².